The number of halogens is 1. The Kier molecular flexibility index (Phi) is 4.35. The van der Waals surface area contributed by atoms with Gasteiger partial charge < -0.3 is 10.6 Å². The lowest BCUT2D eigenvalue weighted by molar-refractivity contribution is 0.0933. The number of anilines is 1. The van der Waals surface area contributed by atoms with Gasteiger partial charge in [-0.25, -0.2) is 9.37 Å². The third-order valence-electron chi connectivity index (χ3n) is 3.51. The average Bonchev–Trinajstić information content (AvgIpc) is 2.77. The molecule has 2 atom stereocenters. The molecule has 1 fully saturated rings. The topological polar surface area (TPSA) is 54.0 Å². The lowest BCUT2D eigenvalue weighted by atomic mass is 10.1. The molecule has 0 saturated heterocycles. The van der Waals surface area contributed by atoms with Crippen molar-refractivity contribution in [1.29, 1.82) is 0 Å². The minimum Gasteiger partial charge on any atom is -0.368 e. The third kappa shape index (κ3) is 3.22. The fraction of sp³-hybridized carbons (Fsp3) is 0.571. The van der Waals surface area contributed by atoms with E-state index in [9.17, 15) is 9.18 Å². The van der Waals surface area contributed by atoms with Gasteiger partial charge >= 0.3 is 0 Å². The van der Waals surface area contributed by atoms with Gasteiger partial charge in [0, 0.05) is 18.8 Å². The van der Waals surface area contributed by atoms with Gasteiger partial charge in [-0.1, -0.05) is 6.92 Å². The van der Waals surface area contributed by atoms with E-state index in [1.807, 2.05) is 6.92 Å². The first-order chi connectivity index (χ1) is 9.11. The van der Waals surface area contributed by atoms with Crippen LogP contribution in [0.3, 0.4) is 0 Å². The number of nitrogens with zero attached hydrogens (tertiary/aromatic N) is 1. The first-order valence-electron chi connectivity index (χ1n) is 6.81. The molecule has 1 aliphatic carbocycles. The van der Waals surface area contributed by atoms with Gasteiger partial charge in [0.1, 0.15) is 0 Å². The molecule has 0 bridgehead atoms. The molecular formula is C14H20FN3O. The summed E-state index contributed by atoms with van der Waals surface area (Å²) in [6.07, 6.45) is 4.51. The Morgan fingerprint density at radius 1 is 1.53 bits per heavy atom. The van der Waals surface area contributed by atoms with Gasteiger partial charge in [-0.05, 0) is 38.2 Å². The summed E-state index contributed by atoms with van der Waals surface area (Å²) in [5.74, 6) is -0.161. The number of pyridine rings is 1. The Hall–Kier alpha value is -1.65. The lowest BCUT2D eigenvalue weighted by Gasteiger charge is -2.13. The number of rotatable bonds is 4. The van der Waals surface area contributed by atoms with Crippen molar-refractivity contribution in [3.05, 3.63) is 23.6 Å². The summed E-state index contributed by atoms with van der Waals surface area (Å²) in [6, 6.07) is 1.59. The molecular weight excluding hydrogens is 245 g/mol. The molecule has 1 aliphatic rings. The molecule has 0 radical (unpaired) electrons. The smallest absolute Gasteiger partial charge is 0.254 e. The monoisotopic (exact) mass is 265 g/mol. The van der Waals surface area contributed by atoms with Gasteiger partial charge in [0.15, 0.2) is 11.6 Å². The second-order valence-corrected chi connectivity index (χ2v) is 5.14. The minimum atomic E-state index is -0.576. The van der Waals surface area contributed by atoms with E-state index in [4.69, 9.17) is 0 Å². The van der Waals surface area contributed by atoms with Crippen LogP contribution in [0.25, 0.3) is 0 Å². The van der Waals surface area contributed by atoms with Gasteiger partial charge in [-0.2, -0.15) is 0 Å². The summed E-state index contributed by atoms with van der Waals surface area (Å²) >= 11 is 0. The number of amides is 1. The highest BCUT2D eigenvalue weighted by molar-refractivity contribution is 5.95. The number of hydrogen-bond acceptors (Lipinski definition) is 3. The Labute approximate surface area is 112 Å². The van der Waals surface area contributed by atoms with Crippen molar-refractivity contribution in [2.24, 2.45) is 5.92 Å². The van der Waals surface area contributed by atoms with Crippen LogP contribution < -0.4 is 10.6 Å². The van der Waals surface area contributed by atoms with Crippen LogP contribution >= 0.6 is 0 Å². The van der Waals surface area contributed by atoms with E-state index in [2.05, 4.69) is 22.5 Å². The number of carbonyl (C=O) groups is 1. The summed E-state index contributed by atoms with van der Waals surface area (Å²) in [5.41, 5.74) is 0.0607. The highest BCUT2D eigenvalue weighted by atomic mass is 19.1. The number of nitrogens with one attached hydrogen (secondary N) is 2. The minimum absolute atomic E-state index is 0.0607. The summed E-state index contributed by atoms with van der Waals surface area (Å²) in [4.78, 5) is 16.0. The zero-order valence-corrected chi connectivity index (χ0v) is 11.4. The van der Waals surface area contributed by atoms with Crippen LogP contribution in [0.1, 0.15) is 43.5 Å². The van der Waals surface area contributed by atoms with E-state index in [0.29, 0.717) is 12.5 Å². The predicted octanol–water partition coefficient (Wildman–Crippen LogP) is 2.57. The Balaban J connectivity index is 2.08. The summed E-state index contributed by atoms with van der Waals surface area (Å²) in [5, 5.41) is 5.71. The maximum atomic E-state index is 14.1. The molecule has 1 heterocycles. The fourth-order valence-corrected chi connectivity index (χ4v) is 2.51. The van der Waals surface area contributed by atoms with Gasteiger partial charge in [0.05, 0.1) is 5.56 Å². The Bertz CT molecular complexity index is 464. The summed E-state index contributed by atoms with van der Waals surface area (Å²) < 4.78 is 14.1. The maximum Gasteiger partial charge on any atom is 0.254 e. The molecule has 2 N–H and O–H groups in total. The first-order valence-corrected chi connectivity index (χ1v) is 6.81. The normalized spacial score (nSPS) is 22.3. The second kappa shape index (κ2) is 5.99. The maximum absolute atomic E-state index is 14.1. The quantitative estimate of drug-likeness (QED) is 0.879. The molecule has 104 valence electrons. The van der Waals surface area contributed by atoms with Crippen molar-refractivity contribution < 1.29 is 9.18 Å². The Morgan fingerprint density at radius 3 is 2.95 bits per heavy atom. The van der Waals surface area contributed by atoms with E-state index in [1.165, 1.54) is 12.3 Å². The molecule has 1 aromatic rings. The number of aromatic nitrogens is 1. The van der Waals surface area contributed by atoms with E-state index in [0.717, 1.165) is 19.3 Å². The van der Waals surface area contributed by atoms with Crippen molar-refractivity contribution >= 4 is 11.7 Å². The van der Waals surface area contributed by atoms with E-state index < -0.39 is 5.82 Å². The van der Waals surface area contributed by atoms with E-state index in [1.54, 1.807) is 0 Å². The van der Waals surface area contributed by atoms with Crippen LogP contribution in [0.4, 0.5) is 10.2 Å². The van der Waals surface area contributed by atoms with Gasteiger partial charge in [0.2, 0.25) is 0 Å². The van der Waals surface area contributed by atoms with Crippen molar-refractivity contribution in [2.75, 3.05) is 11.9 Å². The van der Waals surface area contributed by atoms with Crippen LogP contribution in [0.2, 0.25) is 0 Å². The third-order valence-corrected chi connectivity index (χ3v) is 3.51. The molecule has 0 spiro atoms. The summed E-state index contributed by atoms with van der Waals surface area (Å²) in [6.45, 7) is 4.59. The van der Waals surface area contributed by atoms with Crippen molar-refractivity contribution in [2.45, 2.75) is 39.2 Å². The highest BCUT2D eigenvalue weighted by Gasteiger charge is 2.24. The van der Waals surface area contributed by atoms with Crippen LogP contribution in [0.5, 0.6) is 0 Å². The van der Waals surface area contributed by atoms with Crippen molar-refractivity contribution in [3.63, 3.8) is 0 Å². The Morgan fingerprint density at radius 2 is 2.32 bits per heavy atom. The highest BCUT2D eigenvalue weighted by Crippen LogP contribution is 2.25. The van der Waals surface area contributed by atoms with Gasteiger partial charge in [0.25, 0.3) is 5.91 Å². The first kappa shape index (κ1) is 13.8. The molecule has 2 unspecified atom stereocenters. The van der Waals surface area contributed by atoms with Gasteiger partial charge in [-0.3, -0.25) is 4.79 Å². The zero-order chi connectivity index (χ0) is 13.8. The lowest BCUT2D eigenvalue weighted by Crippen LogP contribution is -2.33. The number of hydrogen-bond donors (Lipinski definition) is 2. The molecule has 2 rings (SSSR count). The second-order valence-electron chi connectivity index (χ2n) is 5.14. The molecule has 0 aliphatic heterocycles. The standard InChI is InChI=1S/C14H20FN3O/c1-3-16-13-12(15)11(6-7-17-13)14(19)18-10-5-4-9(2)8-10/h6-7,9-10H,3-5,8H2,1-2H3,(H,16,17)(H,18,19). The van der Waals surface area contributed by atoms with Crippen LogP contribution in [0, 0.1) is 11.7 Å². The molecule has 1 aromatic heterocycles. The largest absolute Gasteiger partial charge is 0.368 e. The van der Waals surface area contributed by atoms with Crippen molar-refractivity contribution in [3.8, 4) is 0 Å². The molecule has 4 nitrogen and oxygen atoms in total. The molecule has 1 amide bonds. The molecule has 0 aromatic carbocycles. The van der Waals surface area contributed by atoms with E-state index >= 15 is 0 Å². The number of carbonyl (C=O) groups excluding carboxylic acids is 1. The average molecular weight is 265 g/mol. The zero-order valence-electron chi connectivity index (χ0n) is 11.4. The fourth-order valence-electron chi connectivity index (χ4n) is 2.51. The molecule has 5 heteroatoms. The summed E-state index contributed by atoms with van der Waals surface area (Å²) in [7, 11) is 0. The van der Waals surface area contributed by atoms with Crippen LogP contribution in [-0.4, -0.2) is 23.5 Å². The molecule has 19 heavy (non-hydrogen) atoms. The predicted molar refractivity (Wildman–Crippen MR) is 72.6 cm³/mol. The van der Waals surface area contributed by atoms with Gasteiger partial charge in [-0.15, -0.1) is 0 Å². The van der Waals surface area contributed by atoms with Crippen LogP contribution in [0.15, 0.2) is 12.3 Å². The molecule has 1 saturated carbocycles. The SMILES string of the molecule is CCNc1nccc(C(=O)NC2CCC(C)C2)c1F. The van der Waals surface area contributed by atoms with Crippen molar-refractivity contribution in [1.82, 2.24) is 10.3 Å². The van der Waals surface area contributed by atoms with Crippen LogP contribution in [-0.2, 0) is 0 Å². The van der Waals surface area contributed by atoms with E-state index in [-0.39, 0.29) is 23.3 Å².